The summed E-state index contributed by atoms with van der Waals surface area (Å²) < 4.78 is 1.96. The zero-order chi connectivity index (χ0) is 12.7. The van der Waals surface area contributed by atoms with E-state index in [-0.39, 0.29) is 0 Å². The molecule has 2 N–H and O–H groups in total. The van der Waals surface area contributed by atoms with E-state index in [1.165, 1.54) is 0 Å². The summed E-state index contributed by atoms with van der Waals surface area (Å²) in [5.41, 5.74) is 10.3. The summed E-state index contributed by atoms with van der Waals surface area (Å²) in [6.07, 6.45) is 1.89. The lowest BCUT2D eigenvalue weighted by Gasteiger charge is -2.01. The van der Waals surface area contributed by atoms with Gasteiger partial charge in [-0.1, -0.05) is 41.9 Å². The molecule has 3 aromatic rings. The highest BCUT2D eigenvalue weighted by Crippen LogP contribution is 2.29. The molecule has 0 atom stereocenters. The quantitative estimate of drug-likeness (QED) is 0.725. The summed E-state index contributed by atoms with van der Waals surface area (Å²) in [6, 6.07) is 11.8. The number of benzene rings is 1. The molecule has 0 aliphatic carbocycles. The molecule has 0 aliphatic rings. The topological polar surface area (TPSA) is 43.3 Å². The van der Waals surface area contributed by atoms with Crippen molar-refractivity contribution in [1.29, 1.82) is 0 Å². The van der Waals surface area contributed by atoms with E-state index < -0.39 is 0 Å². The summed E-state index contributed by atoms with van der Waals surface area (Å²) in [6.45, 7) is 2.02. The van der Waals surface area contributed by atoms with Gasteiger partial charge in [-0.05, 0) is 13.0 Å². The van der Waals surface area contributed by atoms with Gasteiger partial charge in [0.2, 0.25) is 0 Å². The molecule has 18 heavy (non-hydrogen) atoms. The van der Waals surface area contributed by atoms with Crippen molar-refractivity contribution in [2.45, 2.75) is 6.92 Å². The second kappa shape index (κ2) is 4.03. The van der Waals surface area contributed by atoms with Gasteiger partial charge in [0.25, 0.3) is 0 Å². The Labute approximate surface area is 110 Å². The molecule has 3 rings (SSSR count). The number of nitrogens with two attached hydrogens (primary N) is 1. The average molecular weight is 258 g/mol. The summed E-state index contributed by atoms with van der Waals surface area (Å²) in [5, 5.41) is 0.534. The van der Waals surface area contributed by atoms with Crippen LogP contribution in [0.5, 0.6) is 0 Å². The fourth-order valence-corrected chi connectivity index (χ4v) is 2.23. The summed E-state index contributed by atoms with van der Waals surface area (Å²) in [5.74, 6) is 0. The fourth-order valence-electron chi connectivity index (χ4n) is 2.09. The minimum Gasteiger partial charge on any atom is -0.394 e. The smallest absolute Gasteiger partial charge is 0.162 e. The van der Waals surface area contributed by atoms with Crippen molar-refractivity contribution in [3.63, 3.8) is 0 Å². The third-order valence-corrected chi connectivity index (χ3v) is 3.39. The summed E-state index contributed by atoms with van der Waals surface area (Å²) >= 11 is 6.02. The normalized spacial score (nSPS) is 11.0. The molecule has 0 saturated carbocycles. The SMILES string of the molecule is Cc1c(-c2ccccc2)nc2c(N)c(Cl)ccn12. The van der Waals surface area contributed by atoms with Crippen LogP contribution in [0.15, 0.2) is 42.6 Å². The van der Waals surface area contributed by atoms with E-state index in [1.54, 1.807) is 6.07 Å². The standard InChI is InChI=1S/C14H12ClN3/c1-9-13(10-5-3-2-4-6-10)17-14-12(16)11(15)7-8-18(9)14/h2-8H,16H2,1H3. The van der Waals surface area contributed by atoms with E-state index in [4.69, 9.17) is 17.3 Å². The highest BCUT2D eigenvalue weighted by Gasteiger charge is 2.13. The number of aromatic nitrogens is 2. The Kier molecular flexibility index (Phi) is 2.49. The molecule has 0 spiro atoms. The van der Waals surface area contributed by atoms with Crippen molar-refractivity contribution < 1.29 is 0 Å². The molecule has 2 aromatic heterocycles. The van der Waals surface area contributed by atoms with Crippen LogP contribution in [0, 0.1) is 6.92 Å². The third-order valence-electron chi connectivity index (χ3n) is 3.07. The number of anilines is 1. The van der Waals surface area contributed by atoms with Gasteiger partial charge in [-0.3, -0.25) is 0 Å². The predicted molar refractivity (Wildman–Crippen MR) is 74.8 cm³/mol. The van der Waals surface area contributed by atoms with E-state index in [9.17, 15) is 0 Å². The maximum Gasteiger partial charge on any atom is 0.162 e. The minimum atomic E-state index is 0.518. The van der Waals surface area contributed by atoms with Gasteiger partial charge in [-0.15, -0.1) is 0 Å². The molecule has 3 nitrogen and oxygen atoms in total. The molecule has 0 bridgehead atoms. The van der Waals surface area contributed by atoms with Crippen molar-refractivity contribution >= 4 is 22.9 Å². The molecule has 0 aliphatic heterocycles. The maximum atomic E-state index is 6.02. The Morgan fingerprint density at radius 3 is 2.61 bits per heavy atom. The average Bonchev–Trinajstić information content (AvgIpc) is 2.73. The lowest BCUT2D eigenvalue weighted by Crippen LogP contribution is -1.94. The first-order chi connectivity index (χ1) is 8.68. The van der Waals surface area contributed by atoms with Crippen LogP contribution in [0.3, 0.4) is 0 Å². The maximum absolute atomic E-state index is 6.02. The fraction of sp³-hybridized carbons (Fsp3) is 0.0714. The van der Waals surface area contributed by atoms with Gasteiger partial charge in [0, 0.05) is 17.5 Å². The van der Waals surface area contributed by atoms with Gasteiger partial charge >= 0.3 is 0 Å². The van der Waals surface area contributed by atoms with Crippen LogP contribution >= 0.6 is 11.6 Å². The molecule has 90 valence electrons. The van der Waals surface area contributed by atoms with E-state index in [1.807, 2.05) is 47.9 Å². The highest BCUT2D eigenvalue weighted by atomic mass is 35.5. The first kappa shape index (κ1) is 11.1. The Balaban J connectivity index is 2.33. The van der Waals surface area contributed by atoms with Crippen LogP contribution < -0.4 is 5.73 Å². The van der Waals surface area contributed by atoms with Gasteiger partial charge < -0.3 is 10.1 Å². The molecule has 0 radical (unpaired) electrons. The third kappa shape index (κ3) is 1.56. The Bertz CT molecular complexity index is 717. The van der Waals surface area contributed by atoms with Gasteiger partial charge in [-0.25, -0.2) is 4.98 Å². The van der Waals surface area contributed by atoms with Crippen LogP contribution in [-0.4, -0.2) is 9.38 Å². The van der Waals surface area contributed by atoms with Gasteiger partial charge in [0.1, 0.15) is 0 Å². The lowest BCUT2D eigenvalue weighted by atomic mass is 10.1. The molecular formula is C14H12ClN3. The second-order valence-corrected chi connectivity index (χ2v) is 4.59. The molecule has 0 unspecified atom stereocenters. The highest BCUT2D eigenvalue weighted by molar-refractivity contribution is 6.33. The van der Waals surface area contributed by atoms with Crippen molar-refractivity contribution in [3.8, 4) is 11.3 Å². The molecular weight excluding hydrogens is 246 g/mol. The first-order valence-corrected chi connectivity index (χ1v) is 6.04. The number of imidazole rings is 1. The van der Waals surface area contributed by atoms with Crippen molar-refractivity contribution in [3.05, 3.63) is 53.3 Å². The number of halogens is 1. The molecule has 0 saturated heterocycles. The number of hydrogen-bond acceptors (Lipinski definition) is 2. The van der Waals surface area contributed by atoms with Crippen molar-refractivity contribution in [2.75, 3.05) is 5.73 Å². The minimum absolute atomic E-state index is 0.518. The largest absolute Gasteiger partial charge is 0.394 e. The Hall–Kier alpha value is -2.00. The number of nitrogen functional groups attached to an aromatic ring is 1. The van der Waals surface area contributed by atoms with Crippen LogP contribution in [0.4, 0.5) is 5.69 Å². The number of pyridine rings is 1. The van der Waals surface area contributed by atoms with Crippen LogP contribution in [0.2, 0.25) is 5.02 Å². The molecule has 0 fully saturated rings. The van der Waals surface area contributed by atoms with E-state index in [2.05, 4.69) is 4.98 Å². The number of nitrogens with zero attached hydrogens (tertiary/aromatic N) is 2. The second-order valence-electron chi connectivity index (χ2n) is 4.18. The van der Waals surface area contributed by atoms with Crippen molar-refractivity contribution in [2.24, 2.45) is 0 Å². The number of rotatable bonds is 1. The monoisotopic (exact) mass is 257 g/mol. The van der Waals surface area contributed by atoms with Crippen LogP contribution in [0.25, 0.3) is 16.9 Å². The zero-order valence-corrected chi connectivity index (χ0v) is 10.6. The summed E-state index contributed by atoms with van der Waals surface area (Å²) in [4.78, 5) is 4.60. The summed E-state index contributed by atoms with van der Waals surface area (Å²) in [7, 11) is 0. The number of hydrogen-bond donors (Lipinski definition) is 1. The predicted octanol–water partition coefficient (Wildman–Crippen LogP) is 3.55. The lowest BCUT2D eigenvalue weighted by molar-refractivity contribution is 1.11. The number of aryl methyl sites for hydroxylation is 1. The van der Waals surface area contributed by atoms with Gasteiger partial charge in [-0.2, -0.15) is 0 Å². The molecule has 0 amide bonds. The Morgan fingerprint density at radius 1 is 1.17 bits per heavy atom. The zero-order valence-electron chi connectivity index (χ0n) is 9.89. The Morgan fingerprint density at radius 2 is 1.89 bits per heavy atom. The molecule has 1 aromatic carbocycles. The molecule has 2 heterocycles. The van der Waals surface area contributed by atoms with E-state index in [0.29, 0.717) is 16.4 Å². The van der Waals surface area contributed by atoms with E-state index >= 15 is 0 Å². The van der Waals surface area contributed by atoms with Crippen LogP contribution in [-0.2, 0) is 0 Å². The molecule has 4 heteroatoms. The van der Waals surface area contributed by atoms with Crippen molar-refractivity contribution in [1.82, 2.24) is 9.38 Å². The first-order valence-electron chi connectivity index (χ1n) is 5.66. The van der Waals surface area contributed by atoms with E-state index in [0.717, 1.165) is 17.0 Å². The van der Waals surface area contributed by atoms with Gasteiger partial charge in [0.15, 0.2) is 5.65 Å². The number of fused-ring (bicyclic) bond motifs is 1. The van der Waals surface area contributed by atoms with Gasteiger partial charge in [0.05, 0.1) is 16.4 Å². The van der Waals surface area contributed by atoms with Crippen LogP contribution in [0.1, 0.15) is 5.69 Å².